The second kappa shape index (κ2) is 5.71. The Morgan fingerprint density at radius 2 is 1.95 bits per heavy atom. The van der Waals surface area contributed by atoms with Crippen molar-refractivity contribution in [3.63, 3.8) is 0 Å². The van der Waals surface area contributed by atoms with E-state index in [1.54, 1.807) is 24.3 Å². The highest BCUT2D eigenvalue weighted by molar-refractivity contribution is 6.31. The highest BCUT2D eigenvalue weighted by Gasteiger charge is 2.06. The molecule has 0 atom stereocenters. The minimum Gasteiger partial charge on any atom is -0.308 e. The molecule has 0 aliphatic rings. The molecular formula is C14H12ClFN2O. The molecule has 19 heavy (non-hydrogen) atoms. The Labute approximate surface area is 115 Å². The molecule has 0 spiro atoms. The molecule has 98 valence electrons. The van der Waals surface area contributed by atoms with Crippen LogP contribution in [0.1, 0.15) is 5.56 Å². The van der Waals surface area contributed by atoms with Gasteiger partial charge in [-0.25, -0.2) is 9.18 Å². The lowest BCUT2D eigenvalue weighted by atomic mass is 10.2. The molecule has 2 N–H and O–H groups in total. The van der Waals surface area contributed by atoms with Crippen LogP contribution in [0.15, 0.2) is 42.5 Å². The first-order valence-electron chi connectivity index (χ1n) is 5.64. The molecule has 0 saturated carbocycles. The number of carbonyl (C=O) groups is 1. The monoisotopic (exact) mass is 278 g/mol. The van der Waals surface area contributed by atoms with Gasteiger partial charge in [0.15, 0.2) is 0 Å². The lowest BCUT2D eigenvalue weighted by molar-refractivity contribution is 0.262. The molecule has 5 heteroatoms. The maximum absolute atomic E-state index is 13.0. The van der Waals surface area contributed by atoms with Crippen molar-refractivity contribution in [3.05, 3.63) is 58.9 Å². The summed E-state index contributed by atoms with van der Waals surface area (Å²) in [5, 5.41) is 5.74. The fourth-order valence-corrected chi connectivity index (χ4v) is 1.75. The quantitative estimate of drug-likeness (QED) is 0.838. The molecule has 2 aromatic carbocycles. The van der Waals surface area contributed by atoms with E-state index in [0.717, 1.165) is 5.56 Å². The van der Waals surface area contributed by atoms with Crippen LogP contribution in [-0.2, 0) is 0 Å². The fraction of sp³-hybridized carbons (Fsp3) is 0.0714. The highest BCUT2D eigenvalue weighted by Crippen LogP contribution is 2.20. The van der Waals surface area contributed by atoms with Gasteiger partial charge < -0.3 is 10.6 Å². The summed E-state index contributed by atoms with van der Waals surface area (Å²) in [5.74, 6) is -0.406. The zero-order valence-corrected chi connectivity index (χ0v) is 11.0. The third kappa shape index (κ3) is 3.69. The molecule has 0 fully saturated rings. The first-order chi connectivity index (χ1) is 9.04. The maximum Gasteiger partial charge on any atom is 0.323 e. The molecule has 2 amide bonds. The third-order valence-electron chi connectivity index (χ3n) is 2.53. The van der Waals surface area contributed by atoms with Gasteiger partial charge in [0.2, 0.25) is 0 Å². The summed E-state index contributed by atoms with van der Waals surface area (Å²) in [5.41, 5.74) is 1.89. The number of hydrogen-bond donors (Lipinski definition) is 2. The van der Waals surface area contributed by atoms with Gasteiger partial charge >= 0.3 is 6.03 Å². The summed E-state index contributed by atoms with van der Waals surface area (Å²) in [4.78, 5) is 11.8. The second-order valence-electron chi connectivity index (χ2n) is 4.05. The van der Waals surface area contributed by atoms with Gasteiger partial charge in [-0.05, 0) is 42.8 Å². The first-order valence-corrected chi connectivity index (χ1v) is 6.02. The maximum atomic E-state index is 13.0. The molecular weight excluding hydrogens is 267 g/mol. The van der Waals surface area contributed by atoms with Gasteiger partial charge in [-0.3, -0.25) is 0 Å². The van der Waals surface area contributed by atoms with Crippen LogP contribution >= 0.6 is 11.6 Å². The van der Waals surface area contributed by atoms with Crippen LogP contribution in [-0.4, -0.2) is 6.03 Å². The average molecular weight is 279 g/mol. The molecule has 0 aliphatic heterocycles. The van der Waals surface area contributed by atoms with Crippen molar-refractivity contribution in [3.8, 4) is 0 Å². The van der Waals surface area contributed by atoms with E-state index in [-0.39, 0.29) is 0 Å². The number of carbonyl (C=O) groups excluding carboxylic acids is 1. The van der Waals surface area contributed by atoms with Gasteiger partial charge in [0.05, 0.1) is 0 Å². The Bertz CT molecular complexity index is 616. The van der Waals surface area contributed by atoms with Crippen molar-refractivity contribution in [2.75, 3.05) is 10.6 Å². The van der Waals surface area contributed by atoms with Crippen molar-refractivity contribution in [2.45, 2.75) is 6.92 Å². The first kappa shape index (κ1) is 13.4. The van der Waals surface area contributed by atoms with E-state index >= 15 is 0 Å². The molecule has 0 aromatic heterocycles. The number of rotatable bonds is 2. The van der Waals surface area contributed by atoms with Crippen LogP contribution in [0.2, 0.25) is 5.02 Å². The molecule has 0 saturated heterocycles. The standard InChI is InChI=1S/C14H12ClFN2O/c1-9-5-6-10(15)7-13(9)18-14(19)17-12-4-2-3-11(16)8-12/h2-8H,1H3,(H2,17,18,19). The van der Waals surface area contributed by atoms with Crippen LogP contribution in [0, 0.1) is 12.7 Å². The number of anilines is 2. The lowest BCUT2D eigenvalue weighted by Gasteiger charge is -2.10. The summed E-state index contributed by atoms with van der Waals surface area (Å²) >= 11 is 5.86. The van der Waals surface area contributed by atoms with Crippen LogP contribution < -0.4 is 10.6 Å². The van der Waals surface area contributed by atoms with Crippen LogP contribution in [0.4, 0.5) is 20.6 Å². The fourth-order valence-electron chi connectivity index (χ4n) is 1.58. The van der Waals surface area contributed by atoms with E-state index < -0.39 is 11.8 Å². The number of benzene rings is 2. The summed E-state index contributed by atoms with van der Waals surface area (Å²) < 4.78 is 13.0. The summed E-state index contributed by atoms with van der Waals surface area (Å²) in [6, 6.07) is 10.4. The van der Waals surface area contributed by atoms with E-state index in [4.69, 9.17) is 11.6 Å². The van der Waals surface area contributed by atoms with Crippen LogP contribution in [0.25, 0.3) is 0 Å². The van der Waals surface area contributed by atoms with Crippen molar-refractivity contribution in [1.29, 1.82) is 0 Å². The normalized spacial score (nSPS) is 10.1. The average Bonchev–Trinajstić information content (AvgIpc) is 2.34. The van der Waals surface area contributed by atoms with Crippen molar-refractivity contribution in [1.82, 2.24) is 0 Å². The number of amides is 2. The predicted octanol–water partition coefficient (Wildman–Crippen LogP) is 4.43. The van der Waals surface area contributed by atoms with E-state index in [0.29, 0.717) is 16.4 Å². The van der Waals surface area contributed by atoms with Gasteiger partial charge in [-0.15, -0.1) is 0 Å². The van der Waals surface area contributed by atoms with E-state index in [9.17, 15) is 9.18 Å². The summed E-state index contributed by atoms with van der Waals surface area (Å²) in [6.07, 6.45) is 0. The topological polar surface area (TPSA) is 41.1 Å². The minimum atomic E-state index is -0.448. The SMILES string of the molecule is Cc1ccc(Cl)cc1NC(=O)Nc1cccc(F)c1. The molecule has 0 aliphatic carbocycles. The number of nitrogens with one attached hydrogen (secondary N) is 2. The molecule has 2 rings (SSSR count). The van der Waals surface area contributed by atoms with E-state index in [2.05, 4.69) is 10.6 Å². The van der Waals surface area contributed by atoms with Gasteiger partial charge in [0.1, 0.15) is 5.82 Å². The molecule has 3 nitrogen and oxygen atoms in total. The van der Waals surface area contributed by atoms with Crippen molar-refractivity contribution >= 4 is 29.0 Å². The number of halogens is 2. The zero-order valence-electron chi connectivity index (χ0n) is 10.2. The van der Waals surface area contributed by atoms with Crippen molar-refractivity contribution < 1.29 is 9.18 Å². The number of urea groups is 1. The largest absolute Gasteiger partial charge is 0.323 e. The lowest BCUT2D eigenvalue weighted by Crippen LogP contribution is -2.20. The van der Waals surface area contributed by atoms with Crippen LogP contribution in [0.5, 0.6) is 0 Å². The molecule has 0 heterocycles. The summed E-state index contributed by atoms with van der Waals surface area (Å²) in [6.45, 7) is 1.86. The zero-order chi connectivity index (χ0) is 13.8. The third-order valence-corrected chi connectivity index (χ3v) is 2.77. The van der Waals surface area contributed by atoms with E-state index in [1.165, 1.54) is 18.2 Å². The highest BCUT2D eigenvalue weighted by atomic mass is 35.5. The van der Waals surface area contributed by atoms with E-state index in [1.807, 2.05) is 6.92 Å². The molecule has 2 aromatic rings. The molecule has 0 bridgehead atoms. The second-order valence-corrected chi connectivity index (χ2v) is 4.49. The summed E-state index contributed by atoms with van der Waals surface area (Å²) in [7, 11) is 0. The molecule has 0 radical (unpaired) electrons. The predicted molar refractivity (Wildman–Crippen MR) is 75.2 cm³/mol. The Kier molecular flexibility index (Phi) is 4.02. The van der Waals surface area contributed by atoms with Crippen molar-refractivity contribution in [2.24, 2.45) is 0 Å². The van der Waals surface area contributed by atoms with Gasteiger partial charge in [-0.2, -0.15) is 0 Å². The number of hydrogen-bond acceptors (Lipinski definition) is 1. The number of aryl methyl sites for hydroxylation is 1. The Morgan fingerprint density at radius 1 is 1.16 bits per heavy atom. The van der Waals surface area contributed by atoms with Gasteiger partial charge in [0, 0.05) is 16.4 Å². The molecule has 0 unspecified atom stereocenters. The van der Waals surface area contributed by atoms with Gasteiger partial charge in [-0.1, -0.05) is 23.7 Å². The Balaban J connectivity index is 2.07. The van der Waals surface area contributed by atoms with Crippen LogP contribution in [0.3, 0.4) is 0 Å². The smallest absolute Gasteiger partial charge is 0.308 e. The minimum absolute atomic E-state index is 0.386. The Morgan fingerprint density at radius 3 is 2.68 bits per heavy atom. The Hall–Kier alpha value is -2.07. The van der Waals surface area contributed by atoms with Gasteiger partial charge in [0.25, 0.3) is 0 Å².